The second kappa shape index (κ2) is 8.85. The summed E-state index contributed by atoms with van der Waals surface area (Å²) < 4.78 is 14.2. The predicted octanol–water partition coefficient (Wildman–Crippen LogP) is 6.92. The minimum absolute atomic E-state index is 0.0479. The van der Waals surface area contributed by atoms with E-state index in [4.69, 9.17) is 9.47 Å². The third kappa shape index (κ3) is 4.86. The molecule has 4 rings (SSSR count). The molecule has 0 bridgehead atoms. The zero-order chi connectivity index (χ0) is 25.6. The van der Waals surface area contributed by atoms with Crippen LogP contribution >= 0.6 is 0 Å². The first-order chi connectivity index (χ1) is 16.4. The van der Waals surface area contributed by atoms with Gasteiger partial charge in [-0.1, -0.05) is 37.3 Å². The summed E-state index contributed by atoms with van der Waals surface area (Å²) in [5, 5.41) is 1.06. The highest BCUT2D eigenvalue weighted by atomic mass is 16.6. The molecule has 1 fully saturated rings. The van der Waals surface area contributed by atoms with E-state index in [9.17, 15) is 9.59 Å². The first-order valence-corrected chi connectivity index (χ1v) is 12.5. The van der Waals surface area contributed by atoms with Crippen LogP contribution in [0.3, 0.4) is 0 Å². The quantitative estimate of drug-likeness (QED) is 0.332. The molecule has 1 aliphatic rings. The number of para-hydroxylation sites is 1. The third-order valence-corrected chi connectivity index (χ3v) is 7.63. The molecular formula is C30H37NO4. The van der Waals surface area contributed by atoms with Crippen LogP contribution in [0.4, 0.5) is 0 Å². The molecule has 35 heavy (non-hydrogen) atoms. The number of ether oxygens (including phenoxy) is 2. The van der Waals surface area contributed by atoms with E-state index in [-0.39, 0.29) is 11.5 Å². The van der Waals surface area contributed by atoms with Crippen molar-refractivity contribution in [3.8, 4) is 16.9 Å². The van der Waals surface area contributed by atoms with Gasteiger partial charge in [0.05, 0.1) is 10.9 Å². The lowest BCUT2D eigenvalue weighted by Crippen LogP contribution is -2.53. The highest BCUT2D eigenvalue weighted by Crippen LogP contribution is 2.37. The molecule has 0 atom stereocenters. The summed E-state index contributed by atoms with van der Waals surface area (Å²) >= 11 is 0. The van der Waals surface area contributed by atoms with Gasteiger partial charge in [-0.2, -0.15) is 0 Å². The Kier molecular flexibility index (Phi) is 6.33. The zero-order valence-corrected chi connectivity index (χ0v) is 22.0. The molecule has 5 heteroatoms. The Hall–Kier alpha value is -3.08. The van der Waals surface area contributed by atoms with E-state index in [1.807, 2.05) is 102 Å². The maximum absolute atomic E-state index is 13.4. The summed E-state index contributed by atoms with van der Waals surface area (Å²) in [5.41, 5.74) is 0.400. The van der Waals surface area contributed by atoms with Crippen LogP contribution in [0.2, 0.25) is 0 Å². The van der Waals surface area contributed by atoms with Crippen LogP contribution in [0, 0.1) is 5.41 Å². The van der Waals surface area contributed by atoms with Gasteiger partial charge in [-0.25, -0.2) is 0 Å². The summed E-state index contributed by atoms with van der Waals surface area (Å²) in [4.78, 5) is 26.1. The number of benzene rings is 2. The molecule has 0 amide bonds. The van der Waals surface area contributed by atoms with Crippen LogP contribution in [0.1, 0.15) is 73.8 Å². The highest BCUT2D eigenvalue weighted by Gasteiger charge is 2.45. The van der Waals surface area contributed by atoms with Crippen LogP contribution in [-0.4, -0.2) is 21.7 Å². The van der Waals surface area contributed by atoms with Crippen LogP contribution in [-0.2, 0) is 9.53 Å². The Morgan fingerprint density at radius 1 is 0.943 bits per heavy atom. The fraction of sp³-hybridized carbons (Fsp3) is 0.467. The van der Waals surface area contributed by atoms with E-state index < -0.39 is 16.6 Å². The van der Waals surface area contributed by atoms with Crippen LogP contribution in [0.5, 0.6) is 5.75 Å². The normalized spacial score (nSPS) is 14.7. The van der Waals surface area contributed by atoms with Gasteiger partial charge in [-0.15, -0.1) is 0 Å². The topological polar surface area (TPSA) is 57.5 Å². The molecule has 3 aromatic rings. The van der Waals surface area contributed by atoms with Gasteiger partial charge in [0.25, 0.3) is 5.56 Å². The van der Waals surface area contributed by atoms with E-state index in [1.54, 1.807) is 0 Å². The molecule has 0 spiro atoms. The number of fused-ring (bicyclic) bond motifs is 1. The Morgan fingerprint density at radius 3 is 2.17 bits per heavy atom. The third-order valence-electron chi connectivity index (χ3n) is 7.63. The van der Waals surface area contributed by atoms with Gasteiger partial charge in [-0.3, -0.25) is 9.59 Å². The average Bonchev–Trinajstić information content (AvgIpc) is 3.63. The number of carbonyl (C=O) groups excluding carboxylic acids is 1. The number of carbonyl (C=O) groups is 1. The lowest BCUT2D eigenvalue weighted by molar-refractivity contribution is -0.186. The molecule has 0 saturated heterocycles. The Labute approximate surface area is 208 Å². The molecule has 5 nitrogen and oxygen atoms in total. The van der Waals surface area contributed by atoms with E-state index in [0.29, 0.717) is 23.8 Å². The molecule has 186 valence electrons. The standard InChI is InChI=1S/C30H37NO4/c1-8-28(2,3)27(33)35-30(6,7)29(4,5)34-23-17-13-20(14-18-23)24-19-21-11-9-10-12-25(21)31(26(24)32)22-15-16-22/h9-14,17-19,22H,8,15-16H2,1-7H3. The molecule has 0 radical (unpaired) electrons. The Morgan fingerprint density at radius 2 is 1.57 bits per heavy atom. The van der Waals surface area contributed by atoms with Crippen molar-refractivity contribution in [2.45, 2.75) is 85.0 Å². The smallest absolute Gasteiger partial charge is 0.312 e. The highest BCUT2D eigenvalue weighted by molar-refractivity contribution is 5.84. The second-order valence-corrected chi connectivity index (χ2v) is 11.3. The minimum atomic E-state index is -0.856. The summed E-state index contributed by atoms with van der Waals surface area (Å²) in [7, 11) is 0. The lowest BCUT2D eigenvalue weighted by Gasteiger charge is -2.42. The molecule has 0 aliphatic heterocycles. The number of nitrogens with zero attached hydrogens (tertiary/aromatic N) is 1. The fourth-order valence-electron chi connectivity index (χ4n) is 3.94. The number of rotatable bonds is 8. The van der Waals surface area contributed by atoms with Gasteiger partial charge in [0.15, 0.2) is 0 Å². The first-order valence-electron chi connectivity index (χ1n) is 12.5. The van der Waals surface area contributed by atoms with Crippen molar-refractivity contribution in [1.29, 1.82) is 0 Å². The van der Waals surface area contributed by atoms with E-state index in [0.717, 1.165) is 29.3 Å². The monoisotopic (exact) mass is 475 g/mol. The first kappa shape index (κ1) is 25.0. The molecule has 1 aromatic heterocycles. The number of esters is 1. The number of pyridine rings is 1. The van der Waals surface area contributed by atoms with E-state index >= 15 is 0 Å². The van der Waals surface area contributed by atoms with Gasteiger partial charge in [0.1, 0.15) is 17.0 Å². The maximum atomic E-state index is 13.4. The SMILES string of the molecule is CCC(C)(C)C(=O)OC(C)(C)C(C)(C)Oc1ccc(-c2cc3ccccc3n(C3CC3)c2=O)cc1. The van der Waals surface area contributed by atoms with Gasteiger partial charge in [-0.05, 0) is 96.0 Å². The van der Waals surface area contributed by atoms with Crippen molar-refractivity contribution in [2.24, 2.45) is 5.41 Å². The van der Waals surface area contributed by atoms with Gasteiger partial charge in [0, 0.05) is 11.6 Å². The summed E-state index contributed by atoms with van der Waals surface area (Å²) in [6.45, 7) is 13.4. The van der Waals surface area contributed by atoms with Crippen LogP contribution in [0.25, 0.3) is 22.0 Å². The summed E-state index contributed by atoms with van der Waals surface area (Å²) in [6.07, 6.45) is 2.79. The summed E-state index contributed by atoms with van der Waals surface area (Å²) in [5.74, 6) is 0.418. The predicted molar refractivity (Wildman–Crippen MR) is 141 cm³/mol. The van der Waals surface area contributed by atoms with Crippen molar-refractivity contribution in [2.75, 3.05) is 0 Å². The largest absolute Gasteiger partial charge is 0.484 e. The molecule has 1 aliphatic carbocycles. The Balaban J connectivity index is 1.59. The van der Waals surface area contributed by atoms with Crippen molar-refractivity contribution in [3.05, 3.63) is 65.0 Å². The summed E-state index contributed by atoms with van der Waals surface area (Å²) in [6, 6.07) is 17.9. The molecular weight excluding hydrogens is 438 g/mol. The fourth-order valence-corrected chi connectivity index (χ4v) is 3.94. The molecule has 1 saturated carbocycles. The van der Waals surface area contributed by atoms with E-state index in [1.165, 1.54) is 0 Å². The minimum Gasteiger partial charge on any atom is -0.484 e. The van der Waals surface area contributed by atoms with Gasteiger partial charge in [0.2, 0.25) is 0 Å². The zero-order valence-electron chi connectivity index (χ0n) is 22.0. The van der Waals surface area contributed by atoms with Crippen LogP contribution in [0.15, 0.2) is 59.4 Å². The van der Waals surface area contributed by atoms with Crippen molar-refractivity contribution in [1.82, 2.24) is 4.57 Å². The van der Waals surface area contributed by atoms with Gasteiger partial charge >= 0.3 is 5.97 Å². The van der Waals surface area contributed by atoms with Crippen LogP contribution < -0.4 is 10.3 Å². The molecule has 0 unspecified atom stereocenters. The number of hydrogen-bond donors (Lipinski definition) is 0. The number of hydrogen-bond acceptors (Lipinski definition) is 4. The second-order valence-electron chi connectivity index (χ2n) is 11.3. The van der Waals surface area contributed by atoms with Gasteiger partial charge < -0.3 is 14.0 Å². The number of aromatic nitrogens is 1. The van der Waals surface area contributed by atoms with Crippen molar-refractivity contribution in [3.63, 3.8) is 0 Å². The van der Waals surface area contributed by atoms with E-state index in [2.05, 4.69) is 6.07 Å². The maximum Gasteiger partial charge on any atom is 0.312 e. The molecule has 2 aromatic carbocycles. The van der Waals surface area contributed by atoms with Crippen molar-refractivity contribution < 1.29 is 14.3 Å². The Bertz CT molecular complexity index is 1290. The molecule has 1 heterocycles. The molecule has 0 N–H and O–H groups in total. The average molecular weight is 476 g/mol. The van der Waals surface area contributed by atoms with Crippen molar-refractivity contribution >= 4 is 16.9 Å². The lowest BCUT2D eigenvalue weighted by atomic mass is 9.86.